The summed E-state index contributed by atoms with van der Waals surface area (Å²) in [5, 5.41) is 0. The third-order valence-corrected chi connectivity index (χ3v) is 2.87. The highest BCUT2D eigenvalue weighted by molar-refractivity contribution is 9.10. The summed E-state index contributed by atoms with van der Waals surface area (Å²) >= 11 is 3.22. The van der Waals surface area contributed by atoms with Crippen molar-refractivity contribution in [2.45, 2.75) is 6.61 Å². The Hall–Kier alpha value is -2.02. The van der Waals surface area contributed by atoms with Gasteiger partial charge in [0.1, 0.15) is 18.2 Å². The van der Waals surface area contributed by atoms with Crippen molar-refractivity contribution < 1.29 is 18.3 Å². The largest absolute Gasteiger partial charge is 0.457 e. The molecule has 7 heteroatoms. The number of hydrogen-bond donors (Lipinski definition) is 1. The second-order valence-corrected chi connectivity index (χ2v) is 4.86. The minimum atomic E-state index is -0.971. The fourth-order valence-corrected chi connectivity index (χ4v) is 1.89. The molecule has 0 fully saturated rings. The number of pyridine rings is 1. The molecule has 0 bridgehead atoms. The first kappa shape index (κ1) is 14.4. The Morgan fingerprint density at radius 2 is 2.00 bits per heavy atom. The smallest absolute Gasteiger partial charge is 0.341 e. The van der Waals surface area contributed by atoms with Gasteiger partial charge in [-0.25, -0.2) is 13.6 Å². The Morgan fingerprint density at radius 1 is 1.25 bits per heavy atom. The molecule has 1 aromatic carbocycles. The summed E-state index contributed by atoms with van der Waals surface area (Å²) < 4.78 is 32.3. The maximum atomic E-state index is 13.5. The van der Waals surface area contributed by atoms with Crippen LogP contribution >= 0.6 is 15.9 Å². The summed E-state index contributed by atoms with van der Waals surface area (Å²) in [6.07, 6.45) is 3.07. The lowest BCUT2D eigenvalue weighted by atomic mass is 10.2. The van der Waals surface area contributed by atoms with Gasteiger partial charge < -0.3 is 10.5 Å². The lowest BCUT2D eigenvalue weighted by Gasteiger charge is -2.07. The lowest BCUT2D eigenvalue weighted by Crippen LogP contribution is -2.09. The van der Waals surface area contributed by atoms with Crippen LogP contribution in [0.3, 0.4) is 0 Å². The SMILES string of the molecule is Nc1cc(F)c(C(=O)OCc2cncc(Br)c2)cc1F. The molecule has 0 saturated heterocycles. The fourth-order valence-electron chi connectivity index (χ4n) is 1.48. The molecule has 20 heavy (non-hydrogen) atoms. The van der Waals surface area contributed by atoms with Gasteiger partial charge in [-0.15, -0.1) is 0 Å². The zero-order valence-electron chi connectivity index (χ0n) is 10.1. The molecule has 0 radical (unpaired) electrons. The van der Waals surface area contributed by atoms with E-state index in [1.165, 1.54) is 6.20 Å². The zero-order chi connectivity index (χ0) is 14.7. The van der Waals surface area contributed by atoms with Crippen molar-refractivity contribution in [2.75, 3.05) is 5.73 Å². The number of esters is 1. The highest BCUT2D eigenvalue weighted by Gasteiger charge is 2.16. The fraction of sp³-hybridized carbons (Fsp3) is 0.0769. The molecule has 4 nitrogen and oxygen atoms in total. The van der Waals surface area contributed by atoms with Crippen LogP contribution < -0.4 is 5.73 Å². The van der Waals surface area contributed by atoms with Crippen molar-refractivity contribution in [1.82, 2.24) is 4.98 Å². The maximum absolute atomic E-state index is 13.5. The van der Waals surface area contributed by atoms with Gasteiger partial charge >= 0.3 is 5.97 Å². The van der Waals surface area contributed by atoms with Crippen molar-refractivity contribution in [2.24, 2.45) is 0 Å². The lowest BCUT2D eigenvalue weighted by molar-refractivity contribution is 0.0466. The highest BCUT2D eigenvalue weighted by atomic mass is 79.9. The molecule has 0 aliphatic carbocycles. The van der Waals surface area contributed by atoms with E-state index in [-0.39, 0.29) is 12.3 Å². The molecule has 1 aromatic heterocycles. The number of hydrogen-bond acceptors (Lipinski definition) is 4. The summed E-state index contributed by atoms with van der Waals surface area (Å²) in [6.45, 7) is -0.100. The average molecular weight is 343 g/mol. The summed E-state index contributed by atoms with van der Waals surface area (Å²) in [5.74, 6) is -2.77. The number of nitrogens with zero attached hydrogens (tertiary/aromatic N) is 1. The van der Waals surface area contributed by atoms with E-state index in [0.717, 1.165) is 10.5 Å². The van der Waals surface area contributed by atoms with Crippen LogP contribution in [0.25, 0.3) is 0 Å². The summed E-state index contributed by atoms with van der Waals surface area (Å²) in [4.78, 5) is 15.6. The Morgan fingerprint density at radius 3 is 2.70 bits per heavy atom. The van der Waals surface area contributed by atoms with Crippen LogP contribution in [0, 0.1) is 11.6 Å². The number of benzene rings is 1. The Bertz CT molecular complexity index is 665. The van der Waals surface area contributed by atoms with Gasteiger partial charge in [0.05, 0.1) is 11.3 Å². The number of carbonyl (C=O) groups excluding carboxylic acids is 1. The van der Waals surface area contributed by atoms with Crippen LogP contribution in [-0.2, 0) is 11.3 Å². The predicted octanol–water partition coefficient (Wildman–Crippen LogP) is 3.06. The van der Waals surface area contributed by atoms with E-state index in [4.69, 9.17) is 10.5 Å². The molecule has 0 amide bonds. The quantitative estimate of drug-likeness (QED) is 0.687. The van der Waals surface area contributed by atoms with Crippen molar-refractivity contribution in [3.8, 4) is 0 Å². The van der Waals surface area contributed by atoms with E-state index in [2.05, 4.69) is 20.9 Å². The summed E-state index contributed by atoms with van der Waals surface area (Å²) in [7, 11) is 0. The molecule has 0 aliphatic heterocycles. The number of rotatable bonds is 3. The number of halogens is 3. The van der Waals surface area contributed by atoms with E-state index in [1.807, 2.05) is 0 Å². The maximum Gasteiger partial charge on any atom is 0.341 e. The molecule has 0 saturated carbocycles. The normalized spacial score (nSPS) is 10.3. The molecule has 2 rings (SSSR count). The zero-order valence-corrected chi connectivity index (χ0v) is 11.7. The van der Waals surface area contributed by atoms with E-state index in [0.29, 0.717) is 11.6 Å². The number of nitrogen functional groups attached to an aromatic ring is 1. The Kier molecular flexibility index (Phi) is 4.29. The molecule has 104 valence electrons. The highest BCUT2D eigenvalue weighted by Crippen LogP contribution is 2.18. The molecule has 1 heterocycles. The molecule has 2 aromatic rings. The molecule has 2 N–H and O–H groups in total. The van der Waals surface area contributed by atoms with Crippen LogP contribution in [0.1, 0.15) is 15.9 Å². The van der Waals surface area contributed by atoms with Crippen molar-refractivity contribution in [1.29, 1.82) is 0 Å². The topological polar surface area (TPSA) is 65.2 Å². The van der Waals surface area contributed by atoms with Gasteiger partial charge in [-0.2, -0.15) is 0 Å². The first-order chi connectivity index (χ1) is 9.47. The third kappa shape index (κ3) is 3.30. The van der Waals surface area contributed by atoms with E-state index in [9.17, 15) is 13.6 Å². The van der Waals surface area contributed by atoms with Crippen LogP contribution in [-0.4, -0.2) is 11.0 Å². The second kappa shape index (κ2) is 5.96. The van der Waals surface area contributed by atoms with E-state index < -0.39 is 23.2 Å². The molecule has 0 unspecified atom stereocenters. The number of anilines is 1. The Balaban J connectivity index is 2.11. The van der Waals surface area contributed by atoms with Gasteiger partial charge in [0.2, 0.25) is 0 Å². The Labute approximate surface area is 121 Å². The number of nitrogens with two attached hydrogens (primary N) is 1. The molecule has 0 atom stereocenters. The van der Waals surface area contributed by atoms with Gasteiger partial charge in [0.25, 0.3) is 0 Å². The minimum Gasteiger partial charge on any atom is -0.457 e. The van der Waals surface area contributed by atoms with Crippen molar-refractivity contribution in [3.05, 3.63) is 57.8 Å². The first-order valence-corrected chi connectivity index (χ1v) is 6.27. The van der Waals surface area contributed by atoms with Gasteiger partial charge in [-0.05, 0) is 28.1 Å². The van der Waals surface area contributed by atoms with Gasteiger partial charge in [0, 0.05) is 28.5 Å². The standard InChI is InChI=1S/C13H9BrF2N2O2/c14-8-1-7(4-18-5-8)6-20-13(19)9-2-11(16)12(17)3-10(9)15/h1-5H,6,17H2. The van der Waals surface area contributed by atoms with Crippen LogP contribution in [0.15, 0.2) is 35.1 Å². The van der Waals surface area contributed by atoms with Gasteiger partial charge in [-0.1, -0.05) is 0 Å². The summed E-state index contributed by atoms with van der Waals surface area (Å²) in [5.41, 5.74) is 4.94. The van der Waals surface area contributed by atoms with E-state index in [1.54, 1.807) is 12.3 Å². The predicted molar refractivity (Wildman–Crippen MR) is 71.8 cm³/mol. The van der Waals surface area contributed by atoms with E-state index >= 15 is 0 Å². The molecular formula is C13H9BrF2N2O2. The summed E-state index contributed by atoms with van der Waals surface area (Å²) in [6, 6.07) is 3.15. The van der Waals surface area contributed by atoms with Gasteiger partial charge in [0.15, 0.2) is 0 Å². The van der Waals surface area contributed by atoms with Crippen molar-refractivity contribution >= 4 is 27.6 Å². The van der Waals surface area contributed by atoms with Crippen LogP contribution in [0.2, 0.25) is 0 Å². The monoisotopic (exact) mass is 342 g/mol. The first-order valence-electron chi connectivity index (χ1n) is 5.48. The number of ether oxygens (including phenoxy) is 1. The third-order valence-electron chi connectivity index (χ3n) is 2.44. The number of carbonyl (C=O) groups is 1. The van der Waals surface area contributed by atoms with Crippen molar-refractivity contribution in [3.63, 3.8) is 0 Å². The van der Waals surface area contributed by atoms with Crippen LogP contribution in [0.5, 0.6) is 0 Å². The van der Waals surface area contributed by atoms with Crippen LogP contribution in [0.4, 0.5) is 14.5 Å². The minimum absolute atomic E-state index is 0.100. The molecular weight excluding hydrogens is 334 g/mol. The average Bonchev–Trinajstić information content (AvgIpc) is 2.40. The van der Waals surface area contributed by atoms with Gasteiger partial charge in [-0.3, -0.25) is 4.98 Å². The molecule has 0 spiro atoms. The number of aromatic nitrogens is 1. The second-order valence-electron chi connectivity index (χ2n) is 3.94. The molecule has 0 aliphatic rings.